The van der Waals surface area contributed by atoms with Gasteiger partial charge in [-0.1, -0.05) is 12.1 Å². The molecular formula is C14H20FNO. The molecule has 1 saturated heterocycles. The van der Waals surface area contributed by atoms with Crippen LogP contribution in [0.15, 0.2) is 24.3 Å². The molecule has 1 aliphatic rings. The highest BCUT2D eigenvalue weighted by Gasteiger charge is 2.20. The lowest BCUT2D eigenvalue weighted by Crippen LogP contribution is -2.39. The maximum Gasteiger partial charge on any atom is 0.123 e. The van der Waals surface area contributed by atoms with Crippen molar-refractivity contribution in [1.29, 1.82) is 0 Å². The third kappa shape index (κ3) is 3.51. The lowest BCUT2D eigenvalue weighted by molar-refractivity contribution is 0.0116. The molecule has 0 spiro atoms. The molecule has 2 rings (SSSR count). The molecule has 0 saturated carbocycles. The summed E-state index contributed by atoms with van der Waals surface area (Å²) in [5, 5.41) is 3.58. The predicted molar refractivity (Wildman–Crippen MR) is 66.4 cm³/mol. The highest BCUT2D eigenvalue weighted by molar-refractivity contribution is 5.19. The van der Waals surface area contributed by atoms with E-state index in [1.807, 2.05) is 12.1 Å². The van der Waals surface area contributed by atoms with Crippen LogP contribution in [0.25, 0.3) is 0 Å². The number of halogens is 1. The van der Waals surface area contributed by atoms with Crippen LogP contribution in [0.1, 0.15) is 38.3 Å². The van der Waals surface area contributed by atoms with Crippen molar-refractivity contribution in [1.82, 2.24) is 5.32 Å². The zero-order valence-corrected chi connectivity index (χ0v) is 10.4. The molecule has 17 heavy (non-hydrogen) atoms. The number of benzene rings is 1. The Bertz CT molecular complexity index is 352. The van der Waals surface area contributed by atoms with Crippen molar-refractivity contribution in [3.8, 4) is 0 Å². The molecule has 1 aromatic carbocycles. The molecule has 1 N–H and O–H groups in total. The zero-order valence-electron chi connectivity index (χ0n) is 10.4. The van der Waals surface area contributed by atoms with Gasteiger partial charge in [0.1, 0.15) is 5.82 Å². The van der Waals surface area contributed by atoms with E-state index in [1.54, 1.807) is 0 Å². The molecule has 0 aromatic heterocycles. The van der Waals surface area contributed by atoms with Crippen molar-refractivity contribution in [3.63, 3.8) is 0 Å². The molecule has 1 aliphatic heterocycles. The summed E-state index contributed by atoms with van der Waals surface area (Å²) in [4.78, 5) is 0. The van der Waals surface area contributed by atoms with E-state index in [2.05, 4.69) is 19.2 Å². The van der Waals surface area contributed by atoms with Crippen molar-refractivity contribution in [2.75, 3.05) is 6.61 Å². The topological polar surface area (TPSA) is 21.3 Å². The van der Waals surface area contributed by atoms with E-state index in [1.165, 1.54) is 12.1 Å². The molecule has 0 bridgehead atoms. The van der Waals surface area contributed by atoms with Crippen molar-refractivity contribution in [2.24, 2.45) is 0 Å². The van der Waals surface area contributed by atoms with Crippen molar-refractivity contribution < 1.29 is 9.13 Å². The van der Waals surface area contributed by atoms with E-state index >= 15 is 0 Å². The van der Waals surface area contributed by atoms with Gasteiger partial charge in [-0.2, -0.15) is 0 Å². The van der Waals surface area contributed by atoms with Gasteiger partial charge in [0.2, 0.25) is 0 Å². The van der Waals surface area contributed by atoms with E-state index in [-0.39, 0.29) is 11.9 Å². The molecule has 3 heteroatoms. The Kier molecular flexibility index (Phi) is 4.13. The van der Waals surface area contributed by atoms with Crippen molar-refractivity contribution in [2.45, 2.75) is 44.9 Å². The summed E-state index contributed by atoms with van der Waals surface area (Å²) in [6.45, 7) is 5.05. The fourth-order valence-electron chi connectivity index (χ4n) is 2.35. The van der Waals surface area contributed by atoms with Gasteiger partial charge in [0.25, 0.3) is 0 Å². The van der Waals surface area contributed by atoms with Gasteiger partial charge in [-0.25, -0.2) is 4.39 Å². The minimum atomic E-state index is -0.180. The highest BCUT2D eigenvalue weighted by atomic mass is 19.1. The average molecular weight is 237 g/mol. The molecule has 2 nitrogen and oxygen atoms in total. The smallest absolute Gasteiger partial charge is 0.123 e. The first-order valence-corrected chi connectivity index (χ1v) is 6.28. The Balaban J connectivity index is 1.91. The first-order chi connectivity index (χ1) is 8.15. The fourth-order valence-corrected chi connectivity index (χ4v) is 2.35. The molecule has 1 aromatic rings. The Morgan fingerprint density at radius 3 is 2.71 bits per heavy atom. The summed E-state index contributed by atoms with van der Waals surface area (Å²) in [6.07, 6.45) is 2.43. The molecule has 0 amide bonds. The summed E-state index contributed by atoms with van der Waals surface area (Å²) in [5.41, 5.74) is 1.13. The van der Waals surface area contributed by atoms with E-state index in [0.29, 0.717) is 12.1 Å². The second kappa shape index (κ2) is 5.61. The third-order valence-electron chi connectivity index (χ3n) is 3.34. The second-order valence-electron chi connectivity index (χ2n) is 4.84. The van der Waals surface area contributed by atoms with Gasteiger partial charge in [-0.3, -0.25) is 0 Å². The first kappa shape index (κ1) is 12.5. The lowest BCUT2D eigenvalue weighted by Gasteiger charge is -2.30. The monoisotopic (exact) mass is 237 g/mol. The Hall–Kier alpha value is -0.930. The summed E-state index contributed by atoms with van der Waals surface area (Å²) in [5.74, 6) is -0.180. The fraction of sp³-hybridized carbons (Fsp3) is 0.571. The Labute approximate surface area is 102 Å². The first-order valence-electron chi connectivity index (χ1n) is 6.28. The van der Waals surface area contributed by atoms with Gasteiger partial charge in [0.15, 0.2) is 0 Å². The number of ether oxygens (including phenoxy) is 1. The van der Waals surface area contributed by atoms with Crippen LogP contribution >= 0.6 is 0 Å². The molecule has 94 valence electrons. The van der Waals surface area contributed by atoms with Crippen LogP contribution in [0, 0.1) is 5.82 Å². The lowest BCUT2D eigenvalue weighted by atomic mass is 10.0. The minimum Gasteiger partial charge on any atom is -0.378 e. The molecular weight excluding hydrogens is 217 g/mol. The van der Waals surface area contributed by atoms with Crippen LogP contribution < -0.4 is 5.32 Å². The van der Waals surface area contributed by atoms with Crippen LogP contribution in [0.5, 0.6) is 0 Å². The summed E-state index contributed by atoms with van der Waals surface area (Å²) in [6, 6.07) is 7.47. The number of rotatable bonds is 3. The van der Waals surface area contributed by atoms with E-state index in [0.717, 1.165) is 25.0 Å². The molecule has 0 aliphatic carbocycles. The third-order valence-corrected chi connectivity index (χ3v) is 3.34. The van der Waals surface area contributed by atoms with Crippen LogP contribution in [0.4, 0.5) is 4.39 Å². The van der Waals surface area contributed by atoms with Gasteiger partial charge < -0.3 is 10.1 Å². The van der Waals surface area contributed by atoms with Gasteiger partial charge in [0, 0.05) is 18.7 Å². The standard InChI is InChI=1S/C14H20FNO/c1-10-9-14(7-8-17-10)16-11(2)12-3-5-13(15)6-4-12/h3-6,10-11,14,16H,7-9H2,1-2H3. The summed E-state index contributed by atoms with van der Waals surface area (Å²) < 4.78 is 18.3. The Morgan fingerprint density at radius 1 is 1.35 bits per heavy atom. The predicted octanol–water partition coefficient (Wildman–Crippen LogP) is 3.04. The zero-order chi connectivity index (χ0) is 12.3. The van der Waals surface area contributed by atoms with E-state index in [4.69, 9.17) is 4.74 Å². The van der Waals surface area contributed by atoms with Gasteiger partial charge in [0.05, 0.1) is 6.10 Å². The maximum atomic E-state index is 12.8. The van der Waals surface area contributed by atoms with Gasteiger partial charge in [-0.15, -0.1) is 0 Å². The molecule has 3 atom stereocenters. The Morgan fingerprint density at radius 2 is 2.06 bits per heavy atom. The largest absolute Gasteiger partial charge is 0.378 e. The normalized spacial score (nSPS) is 26.8. The summed E-state index contributed by atoms with van der Waals surface area (Å²) >= 11 is 0. The number of nitrogens with one attached hydrogen (secondary N) is 1. The van der Waals surface area contributed by atoms with Crippen LogP contribution in [-0.4, -0.2) is 18.8 Å². The number of hydrogen-bond acceptors (Lipinski definition) is 2. The van der Waals surface area contributed by atoms with E-state index < -0.39 is 0 Å². The van der Waals surface area contributed by atoms with Gasteiger partial charge in [-0.05, 0) is 44.4 Å². The SMILES string of the molecule is CC1CC(NC(C)c2ccc(F)cc2)CCO1. The quantitative estimate of drug-likeness (QED) is 0.872. The van der Waals surface area contributed by atoms with Crippen molar-refractivity contribution >= 4 is 0 Å². The molecule has 3 unspecified atom stereocenters. The van der Waals surface area contributed by atoms with Crippen LogP contribution in [0.2, 0.25) is 0 Å². The summed E-state index contributed by atoms with van der Waals surface area (Å²) in [7, 11) is 0. The van der Waals surface area contributed by atoms with Crippen molar-refractivity contribution in [3.05, 3.63) is 35.6 Å². The molecule has 1 heterocycles. The average Bonchev–Trinajstić information content (AvgIpc) is 2.29. The second-order valence-corrected chi connectivity index (χ2v) is 4.84. The molecule has 0 radical (unpaired) electrons. The van der Waals surface area contributed by atoms with E-state index in [9.17, 15) is 4.39 Å². The van der Waals surface area contributed by atoms with Crippen LogP contribution in [0.3, 0.4) is 0 Å². The van der Waals surface area contributed by atoms with Crippen LogP contribution in [-0.2, 0) is 4.74 Å². The highest BCUT2D eigenvalue weighted by Crippen LogP contribution is 2.19. The minimum absolute atomic E-state index is 0.180. The van der Waals surface area contributed by atoms with Gasteiger partial charge >= 0.3 is 0 Å². The maximum absolute atomic E-state index is 12.8. The molecule has 1 fully saturated rings. The number of hydrogen-bond donors (Lipinski definition) is 1.